The largest absolute Gasteiger partial charge is 0.465 e. The summed E-state index contributed by atoms with van der Waals surface area (Å²) >= 11 is 15.2. The molecule has 2 rings (SSSR count). The van der Waals surface area contributed by atoms with Gasteiger partial charge in [-0.2, -0.15) is 23.1 Å². The van der Waals surface area contributed by atoms with Crippen LogP contribution in [0, 0.1) is 0 Å². The molecule has 0 radical (unpaired) electrons. The van der Waals surface area contributed by atoms with Crippen LogP contribution in [0.3, 0.4) is 0 Å². The molecule has 0 saturated carbocycles. The number of methoxy groups -OCH3 is 1. The van der Waals surface area contributed by atoms with Gasteiger partial charge in [-0.3, -0.25) is 4.79 Å². The van der Waals surface area contributed by atoms with E-state index in [-0.39, 0.29) is 27.9 Å². The van der Waals surface area contributed by atoms with Crippen molar-refractivity contribution in [3.05, 3.63) is 50.1 Å². The van der Waals surface area contributed by atoms with E-state index in [0.717, 1.165) is 18.6 Å². The first-order valence-electron chi connectivity index (χ1n) is 7.47. The van der Waals surface area contributed by atoms with Crippen LogP contribution in [0.15, 0.2) is 29.0 Å². The topological polar surface area (TPSA) is 55.4 Å². The van der Waals surface area contributed by atoms with E-state index in [2.05, 4.69) is 22.1 Å². The van der Waals surface area contributed by atoms with Gasteiger partial charge in [-0.1, -0.05) is 23.2 Å². The van der Waals surface area contributed by atoms with Crippen LogP contribution in [-0.2, 0) is 16.0 Å². The van der Waals surface area contributed by atoms with Gasteiger partial charge in [0.1, 0.15) is 5.56 Å². The lowest BCUT2D eigenvalue weighted by Gasteiger charge is -2.12. The summed E-state index contributed by atoms with van der Waals surface area (Å²) < 4.78 is 4.71. The van der Waals surface area contributed by atoms with Crippen molar-refractivity contribution >= 4 is 63.9 Å². The summed E-state index contributed by atoms with van der Waals surface area (Å²) in [5, 5.41) is 7.35. The summed E-state index contributed by atoms with van der Waals surface area (Å²) in [6.07, 6.45) is 2.01. The number of esters is 1. The normalized spacial score (nSPS) is 10.5. The molecule has 0 spiro atoms. The molecule has 1 aromatic heterocycles. The van der Waals surface area contributed by atoms with Gasteiger partial charge in [-0.15, -0.1) is 0 Å². The van der Waals surface area contributed by atoms with Crippen LogP contribution in [0.1, 0.15) is 22.3 Å². The average Bonchev–Trinajstić information content (AvgIpc) is 3.06. The van der Waals surface area contributed by atoms with E-state index in [4.69, 9.17) is 27.9 Å². The Morgan fingerprint density at radius 3 is 2.80 bits per heavy atom. The SMILES string of the molecule is COC(=O)c1c(Cl)cc(Cl)cc1NC(=O)CSCCCc1ccsc1. The molecule has 0 aliphatic heterocycles. The number of amides is 1. The Hall–Kier alpha value is -1.21. The highest BCUT2D eigenvalue weighted by molar-refractivity contribution is 7.99. The summed E-state index contributed by atoms with van der Waals surface area (Å²) in [6, 6.07) is 5.03. The number of thiophene rings is 1. The number of ether oxygens (including phenoxy) is 1. The number of anilines is 1. The lowest BCUT2D eigenvalue weighted by Crippen LogP contribution is -2.17. The Labute approximate surface area is 164 Å². The lowest BCUT2D eigenvalue weighted by molar-refractivity contribution is -0.113. The number of benzene rings is 1. The molecule has 25 heavy (non-hydrogen) atoms. The minimum atomic E-state index is -0.625. The molecule has 4 nitrogen and oxygen atoms in total. The van der Waals surface area contributed by atoms with Crippen LogP contribution in [0.5, 0.6) is 0 Å². The standard InChI is InChI=1S/C17H17Cl2NO3S2/c1-23-17(22)16-13(19)7-12(18)8-14(16)20-15(21)10-24-5-2-3-11-4-6-25-9-11/h4,6-9H,2-3,5,10H2,1H3,(H,20,21). The molecule has 0 unspecified atom stereocenters. The van der Waals surface area contributed by atoms with Crippen LogP contribution < -0.4 is 5.32 Å². The van der Waals surface area contributed by atoms with Crippen LogP contribution in [-0.4, -0.2) is 30.5 Å². The maximum atomic E-state index is 12.1. The van der Waals surface area contributed by atoms with Crippen LogP contribution >= 0.6 is 46.3 Å². The Morgan fingerprint density at radius 2 is 2.12 bits per heavy atom. The zero-order valence-corrected chi connectivity index (χ0v) is 16.7. The maximum absolute atomic E-state index is 12.1. The van der Waals surface area contributed by atoms with Crippen molar-refractivity contribution in [2.45, 2.75) is 12.8 Å². The first kappa shape index (κ1) is 20.1. The number of hydrogen-bond acceptors (Lipinski definition) is 5. The highest BCUT2D eigenvalue weighted by atomic mass is 35.5. The van der Waals surface area contributed by atoms with E-state index in [1.165, 1.54) is 24.8 Å². The van der Waals surface area contributed by atoms with Crippen molar-refractivity contribution < 1.29 is 14.3 Å². The number of rotatable bonds is 8. The summed E-state index contributed by atoms with van der Waals surface area (Å²) in [5.74, 6) is 0.321. The van der Waals surface area contributed by atoms with E-state index in [1.807, 2.05) is 0 Å². The molecule has 1 N–H and O–H groups in total. The highest BCUT2D eigenvalue weighted by Crippen LogP contribution is 2.30. The summed E-state index contributed by atoms with van der Waals surface area (Å²) in [6.45, 7) is 0. The first-order valence-corrected chi connectivity index (χ1v) is 10.3. The zero-order valence-electron chi connectivity index (χ0n) is 13.5. The second-order valence-electron chi connectivity index (χ2n) is 5.14. The minimum absolute atomic E-state index is 0.101. The van der Waals surface area contributed by atoms with E-state index >= 15 is 0 Å². The first-order chi connectivity index (χ1) is 12.0. The fourth-order valence-corrected chi connectivity index (χ4v) is 4.17. The third kappa shape index (κ3) is 6.22. The molecule has 134 valence electrons. The van der Waals surface area contributed by atoms with Gasteiger partial charge in [-0.05, 0) is 53.1 Å². The van der Waals surface area contributed by atoms with E-state index < -0.39 is 5.97 Å². The highest BCUT2D eigenvalue weighted by Gasteiger charge is 2.19. The van der Waals surface area contributed by atoms with Crippen LogP contribution in [0.2, 0.25) is 10.0 Å². The van der Waals surface area contributed by atoms with Gasteiger partial charge in [0.25, 0.3) is 0 Å². The predicted molar refractivity (Wildman–Crippen MR) is 106 cm³/mol. The van der Waals surface area contributed by atoms with Crippen LogP contribution in [0.4, 0.5) is 5.69 Å². The van der Waals surface area contributed by atoms with E-state index in [1.54, 1.807) is 23.1 Å². The quantitative estimate of drug-likeness (QED) is 0.476. The molecule has 0 atom stereocenters. The zero-order chi connectivity index (χ0) is 18.2. The molecule has 0 aliphatic carbocycles. The summed E-state index contributed by atoms with van der Waals surface area (Å²) in [4.78, 5) is 24.0. The van der Waals surface area contributed by atoms with Gasteiger partial charge in [-0.25, -0.2) is 4.79 Å². The Morgan fingerprint density at radius 1 is 1.32 bits per heavy atom. The summed E-state index contributed by atoms with van der Waals surface area (Å²) in [5.41, 5.74) is 1.68. The number of nitrogens with one attached hydrogen (secondary N) is 1. The molecule has 1 heterocycles. The van der Waals surface area contributed by atoms with Crippen molar-refractivity contribution in [1.82, 2.24) is 0 Å². The lowest BCUT2D eigenvalue weighted by atomic mass is 10.1. The molecule has 0 saturated heterocycles. The fourth-order valence-electron chi connectivity index (χ4n) is 2.15. The fraction of sp³-hybridized carbons (Fsp3) is 0.294. The molecular formula is C17H17Cl2NO3S2. The third-order valence-corrected chi connectivity index (χ3v) is 5.58. The average molecular weight is 418 g/mol. The maximum Gasteiger partial charge on any atom is 0.341 e. The second-order valence-corrected chi connectivity index (χ2v) is 7.87. The van der Waals surface area contributed by atoms with Gasteiger partial charge in [0.15, 0.2) is 0 Å². The van der Waals surface area contributed by atoms with Gasteiger partial charge < -0.3 is 10.1 Å². The number of aryl methyl sites for hydroxylation is 1. The molecule has 0 bridgehead atoms. The van der Waals surface area contributed by atoms with Crippen molar-refractivity contribution in [3.63, 3.8) is 0 Å². The van der Waals surface area contributed by atoms with Gasteiger partial charge in [0, 0.05) is 5.02 Å². The van der Waals surface area contributed by atoms with E-state index in [9.17, 15) is 9.59 Å². The number of carbonyl (C=O) groups is 2. The van der Waals surface area contributed by atoms with Crippen molar-refractivity contribution in [1.29, 1.82) is 0 Å². The predicted octanol–water partition coefficient (Wildman–Crippen LogP) is 5.15. The Kier molecular flexibility index (Phi) is 8.09. The number of carbonyl (C=O) groups excluding carboxylic acids is 2. The van der Waals surface area contributed by atoms with E-state index in [0.29, 0.717) is 5.02 Å². The third-order valence-electron chi connectivity index (χ3n) is 3.29. The molecule has 1 amide bonds. The van der Waals surface area contributed by atoms with Crippen molar-refractivity contribution in [2.75, 3.05) is 23.9 Å². The van der Waals surface area contributed by atoms with Gasteiger partial charge in [0.2, 0.25) is 5.91 Å². The second kappa shape index (κ2) is 10.1. The molecule has 1 aromatic carbocycles. The number of halogens is 2. The minimum Gasteiger partial charge on any atom is -0.465 e. The molecular weight excluding hydrogens is 401 g/mol. The Balaban J connectivity index is 1.86. The van der Waals surface area contributed by atoms with Gasteiger partial charge in [0.05, 0.1) is 23.6 Å². The Bertz CT molecular complexity index is 736. The number of thioether (sulfide) groups is 1. The smallest absolute Gasteiger partial charge is 0.341 e. The molecule has 8 heteroatoms. The van der Waals surface area contributed by atoms with Crippen molar-refractivity contribution in [3.8, 4) is 0 Å². The molecule has 2 aromatic rings. The van der Waals surface area contributed by atoms with Crippen LogP contribution in [0.25, 0.3) is 0 Å². The summed E-state index contributed by atoms with van der Waals surface area (Å²) in [7, 11) is 1.25. The van der Waals surface area contributed by atoms with Gasteiger partial charge >= 0.3 is 5.97 Å². The molecule has 0 fully saturated rings. The monoisotopic (exact) mass is 417 g/mol. The molecule has 0 aliphatic rings. The number of hydrogen-bond donors (Lipinski definition) is 1. The van der Waals surface area contributed by atoms with Crippen molar-refractivity contribution in [2.24, 2.45) is 0 Å².